The lowest BCUT2D eigenvalue weighted by molar-refractivity contribution is -0.115. The molecule has 0 saturated carbocycles. The molecule has 0 unspecified atom stereocenters. The minimum absolute atomic E-state index is 0.0911. The molecule has 9 heteroatoms. The Morgan fingerprint density at radius 1 is 1.33 bits per heavy atom. The van der Waals surface area contributed by atoms with Crippen molar-refractivity contribution in [3.05, 3.63) is 40.3 Å². The molecule has 0 spiro atoms. The summed E-state index contributed by atoms with van der Waals surface area (Å²) in [5.41, 5.74) is 1.00. The molecule has 1 aliphatic heterocycles. The first kappa shape index (κ1) is 25.1. The number of thiazole rings is 1. The maximum atomic E-state index is 13.3. The number of anilines is 1. The second-order valence-electron chi connectivity index (χ2n) is 8.57. The van der Waals surface area contributed by atoms with Crippen LogP contribution in [0.15, 0.2) is 29.8 Å². The summed E-state index contributed by atoms with van der Waals surface area (Å²) in [7, 11) is 3.46. The lowest BCUT2D eigenvalue weighted by atomic mass is 10.0. The molecule has 0 bridgehead atoms. The number of ether oxygens (including phenoxy) is 2. The van der Waals surface area contributed by atoms with E-state index < -0.39 is 0 Å². The van der Waals surface area contributed by atoms with Gasteiger partial charge in [-0.05, 0) is 31.0 Å². The van der Waals surface area contributed by atoms with E-state index in [1.54, 1.807) is 55.5 Å². The average molecular weight is 475 g/mol. The lowest BCUT2D eigenvalue weighted by Gasteiger charge is -2.35. The van der Waals surface area contributed by atoms with E-state index in [4.69, 9.17) is 9.47 Å². The van der Waals surface area contributed by atoms with Crippen LogP contribution in [-0.4, -0.2) is 72.6 Å². The highest BCUT2D eigenvalue weighted by atomic mass is 32.1. The molecule has 0 fully saturated rings. The van der Waals surface area contributed by atoms with Crippen LogP contribution in [0.5, 0.6) is 5.75 Å². The van der Waals surface area contributed by atoms with E-state index in [9.17, 15) is 9.59 Å². The second-order valence-corrected chi connectivity index (χ2v) is 9.54. The summed E-state index contributed by atoms with van der Waals surface area (Å²) < 4.78 is 12.0. The number of carbonyl (C=O) groups is 2. The monoisotopic (exact) mass is 474 g/mol. The predicted molar refractivity (Wildman–Crippen MR) is 130 cm³/mol. The molecule has 1 N–H and O–H groups in total. The fourth-order valence-corrected chi connectivity index (χ4v) is 4.54. The fourth-order valence-electron chi connectivity index (χ4n) is 3.90. The third kappa shape index (κ3) is 6.52. The van der Waals surface area contributed by atoms with Crippen LogP contribution in [0.25, 0.3) is 0 Å². The maximum absolute atomic E-state index is 13.3. The van der Waals surface area contributed by atoms with Crippen LogP contribution in [0.1, 0.15) is 42.6 Å². The standard InChI is InChI=1S/C24H34N4O4S/c1-6-22(29)26-18-7-8-20-19(11-18)24(30)27(4)13-21(31-5)16(2)12-28(17(3)15-32-20)14-23-25-9-10-33-23/h7-11,16-17,21H,6,12-15H2,1-5H3,(H,26,29)/t16-,17+,21+/m0/s1. The molecule has 8 nitrogen and oxygen atoms in total. The average Bonchev–Trinajstić information content (AvgIpc) is 3.32. The number of hydrogen-bond donors (Lipinski definition) is 1. The molecular weight excluding hydrogens is 440 g/mol. The number of amides is 2. The number of likely N-dealkylation sites (N-methyl/N-ethyl adjacent to an activating group) is 1. The van der Waals surface area contributed by atoms with E-state index >= 15 is 0 Å². The van der Waals surface area contributed by atoms with Gasteiger partial charge in [-0.25, -0.2) is 4.98 Å². The minimum Gasteiger partial charge on any atom is -0.491 e. The molecule has 0 aliphatic carbocycles. The van der Waals surface area contributed by atoms with Crippen molar-refractivity contribution in [1.29, 1.82) is 0 Å². The summed E-state index contributed by atoms with van der Waals surface area (Å²) in [5, 5.41) is 5.87. The van der Waals surface area contributed by atoms with Crippen LogP contribution < -0.4 is 10.1 Å². The number of rotatable bonds is 5. The molecule has 33 heavy (non-hydrogen) atoms. The summed E-state index contributed by atoms with van der Waals surface area (Å²) in [6.07, 6.45) is 2.06. The van der Waals surface area contributed by atoms with Crippen LogP contribution in [0, 0.1) is 5.92 Å². The van der Waals surface area contributed by atoms with Crippen LogP contribution in [0.4, 0.5) is 5.69 Å². The highest BCUT2D eigenvalue weighted by molar-refractivity contribution is 7.09. The molecule has 0 saturated heterocycles. The number of fused-ring (bicyclic) bond motifs is 1. The SMILES string of the molecule is CCC(=O)Nc1ccc2c(c1)C(=O)N(C)C[C@@H](OC)[C@@H](C)CN(Cc1nccs1)[C@H](C)CO2. The van der Waals surface area contributed by atoms with Crippen LogP contribution >= 0.6 is 11.3 Å². The van der Waals surface area contributed by atoms with Gasteiger partial charge in [0.1, 0.15) is 17.4 Å². The van der Waals surface area contributed by atoms with Crippen molar-refractivity contribution in [3.63, 3.8) is 0 Å². The molecule has 1 aromatic heterocycles. The van der Waals surface area contributed by atoms with Crippen LogP contribution in [0.3, 0.4) is 0 Å². The van der Waals surface area contributed by atoms with Gasteiger partial charge in [0.25, 0.3) is 5.91 Å². The lowest BCUT2D eigenvalue weighted by Crippen LogP contribution is -2.46. The molecule has 0 radical (unpaired) electrons. The van der Waals surface area contributed by atoms with Crippen molar-refractivity contribution in [2.24, 2.45) is 5.92 Å². The Hall–Kier alpha value is -2.49. The van der Waals surface area contributed by atoms with Gasteiger partial charge in [-0.1, -0.05) is 13.8 Å². The number of benzene rings is 1. The van der Waals surface area contributed by atoms with Gasteiger partial charge >= 0.3 is 0 Å². The molecular formula is C24H34N4O4S. The summed E-state index contributed by atoms with van der Waals surface area (Å²) in [4.78, 5) is 33.7. The van der Waals surface area contributed by atoms with Gasteiger partial charge in [0.05, 0.1) is 18.2 Å². The van der Waals surface area contributed by atoms with Gasteiger partial charge in [0, 0.05) is 57.0 Å². The number of aromatic nitrogens is 1. The highest BCUT2D eigenvalue weighted by Gasteiger charge is 2.28. The van der Waals surface area contributed by atoms with Gasteiger partial charge < -0.3 is 19.7 Å². The van der Waals surface area contributed by atoms with Crippen LogP contribution in [0.2, 0.25) is 0 Å². The summed E-state index contributed by atoms with van der Waals surface area (Å²) >= 11 is 1.64. The first-order valence-corrected chi connectivity index (χ1v) is 12.2. The van der Waals surface area contributed by atoms with Crippen molar-refractivity contribution in [2.75, 3.05) is 39.2 Å². The van der Waals surface area contributed by atoms with E-state index in [0.717, 1.165) is 18.1 Å². The van der Waals surface area contributed by atoms with E-state index in [1.807, 2.05) is 11.6 Å². The number of methoxy groups -OCH3 is 1. The number of nitrogens with zero attached hydrogens (tertiary/aromatic N) is 3. The van der Waals surface area contributed by atoms with Crippen molar-refractivity contribution in [2.45, 2.75) is 45.9 Å². The number of carbonyl (C=O) groups excluding carboxylic acids is 2. The minimum atomic E-state index is -0.167. The molecule has 2 heterocycles. The summed E-state index contributed by atoms with van der Waals surface area (Å²) in [6, 6.07) is 5.31. The van der Waals surface area contributed by atoms with Gasteiger partial charge in [-0.2, -0.15) is 0 Å². The number of nitrogens with one attached hydrogen (secondary N) is 1. The molecule has 180 valence electrons. The predicted octanol–water partition coefficient (Wildman–Crippen LogP) is 3.50. The molecule has 2 amide bonds. The van der Waals surface area contributed by atoms with Gasteiger partial charge in [-0.3, -0.25) is 14.5 Å². The Balaban J connectivity index is 1.93. The van der Waals surface area contributed by atoms with Crippen molar-refractivity contribution in [1.82, 2.24) is 14.8 Å². The van der Waals surface area contributed by atoms with Gasteiger partial charge in [0.15, 0.2) is 0 Å². The Morgan fingerprint density at radius 3 is 2.79 bits per heavy atom. The molecule has 2 aromatic rings. The molecule has 3 rings (SSSR count). The zero-order valence-electron chi connectivity index (χ0n) is 20.0. The zero-order valence-corrected chi connectivity index (χ0v) is 20.9. The number of hydrogen-bond acceptors (Lipinski definition) is 7. The molecule has 1 aromatic carbocycles. The Bertz CT molecular complexity index is 937. The van der Waals surface area contributed by atoms with Gasteiger partial charge in [0.2, 0.25) is 5.91 Å². The van der Waals surface area contributed by atoms with E-state index in [-0.39, 0.29) is 29.9 Å². The van der Waals surface area contributed by atoms with Crippen molar-refractivity contribution >= 4 is 28.8 Å². The largest absolute Gasteiger partial charge is 0.491 e. The first-order chi connectivity index (χ1) is 15.8. The Morgan fingerprint density at radius 2 is 2.12 bits per heavy atom. The first-order valence-electron chi connectivity index (χ1n) is 11.3. The van der Waals surface area contributed by atoms with Crippen molar-refractivity contribution < 1.29 is 19.1 Å². The van der Waals surface area contributed by atoms with E-state index in [2.05, 4.69) is 29.0 Å². The van der Waals surface area contributed by atoms with Crippen LogP contribution in [-0.2, 0) is 16.1 Å². The normalized spacial score (nSPS) is 22.6. The third-order valence-corrected chi connectivity index (χ3v) is 6.76. The second kappa shape index (κ2) is 11.6. The smallest absolute Gasteiger partial charge is 0.257 e. The molecule has 1 aliphatic rings. The quantitative estimate of drug-likeness (QED) is 0.714. The topological polar surface area (TPSA) is 84.0 Å². The fraction of sp³-hybridized carbons (Fsp3) is 0.542. The maximum Gasteiger partial charge on any atom is 0.257 e. The third-order valence-electron chi connectivity index (χ3n) is 6.00. The Labute approximate surface area is 199 Å². The van der Waals surface area contributed by atoms with E-state index in [1.165, 1.54) is 0 Å². The molecule has 3 atom stereocenters. The zero-order chi connectivity index (χ0) is 24.0. The Kier molecular flexibility index (Phi) is 8.82. The van der Waals surface area contributed by atoms with E-state index in [0.29, 0.717) is 36.6 Å². The highest BCUT2D eigenvalue weighted by Crippen LogP contribution is 2.27. The van der Waals surface area contributed by atoms with Gasteiger partial charge in [-0.15, -0.1) is 11.3 Å². The summed E-state index contributed by atoms with van der Waals surface area (Å²) in [6.45, 7) is 8.44. The van der Waals surface area contributed by atoms with Crippen molar-refractivity contribution in [3.8, 4) is 5.75 Å². The summed E-state index contributed by atoms with van der Waals surface area (Å²) in [5.74, 6) is 0.413.